The molecule has 11 heteroatoms. The minimum absolute atomic E-state index is 0.0233. The summed E-state index contributed by atoms with van der Waals surface area (Å²) in [4.78, 5) is 17.7. The van der Waals surface area contributed by atoms with Crippen LogP contribution >= 0.6 is 15.9 Å². The van der Waals surface area contributed by atoms with Crippen molar-refractivity contribution >= 4 is 33.0 Å². The predicted octanol–water partition coefficient (Wildman–Crippen LogP) is 4.30. The van der Waals surface area contributed by atoms with Crippen LogP contribution in [0, 0.1) is 0 Å². The van der Waals surface area contributed by atoms with E-state index in [1.54, 1.807) is 0 Å². The molecule has 0 bridgehead atoms. The van der Waals surface area contributed by atoms with Gasteiger partial charge in [0.05, 0.1) is 19.3 Å². The van der Waals surface area contributed by atoms with Gasteiger partial charge in [-0.2, -0.15) is 4.68 Å². The van der Waals surface area contributed by atoms with Crippen molar-refractivity contribution in [2.45, 2.75) is 19.3 Å². The number of amides is 1. The highest BCUT2D eigenvalue weighted by Gasteiger charge is 2.31. The van der Waals surface area contributed by atoms with Crippen LogP contribution in [0.5, 0.6) is 11.5 Å². The maximum Gasteiger partial charge on any atom is 0.346 e. The van der Waals surface area contributed by atoms with Crippen LogP contribution in [0.4, 0.5) is 4.79 Å². The Hall–Kier alpha value is -3.51. The largest absolute Gasteiger partial charge is 0.467 e. The molecule has 3 aliphatic heterocycles. The molecule has 3 aromatic carbocycles. The lowest BCUT2D eigenvalue weighted by Gasteiger charge is -2.40. The Kier molecular flexibility index (Phi) is 6.43. The fraction of sp³-hybridized carbons (Fsp3) is 0.321. The second kappa shape index (κ2) is 10.2. The van der Waals surface area contributed by atoms with Crippen molar-refractivity contribution in [3.05, 3.63) is 81.3 Å². The third-order valence-electron chi connectivity index (χ3n) is 7.45. The van der Waals surface area contributed by atoms with E-state index in [0.717, 1.165) is 38.2 Å². The highest BCUT2D eigenvalue weighted by Crippen LogP contribution is 2.36. The number of hydrogen-bond donors (Lipinski definition) is 0. The third-order valence-corrected chi connectivity index (χ3v) is 7.94. The van der Waals surface area contributed by atoms with E-state index < -0.39 is 0 Å². The van der Waals surface area contributed by atoms with Crippen molar-refractivity contribution in [2.24, 2.45) is 0 Å². The molecule has 0 saturated carbocycles. The molecule has 39 heavy (non-hydrogen) atoms. The lowest BCUT2D eigenvalue weighted by molar-refractivity contribution is -0.0165. The molecule has 1 aromatic heterocycles. The lowest BCUT2D eigenvalue weighted by Crippen LogP contribution is -2.51. The average molecular weight is 592 g/mol. The van der Waals surface area contributed by atoms with E-state index in [1.807, 2.05) is 35.2 Å². The molecule has 0 unspecified atom stereocenters. The Morgan fingerprint density at radius 3 is 2.10 bits per heavy atom. The zero-order valence-electron chi connectivity index (χ0n) is 21.1. The number of halogens is 1. The summed E-state index contributed by atoms with van der Waals surface area (Å²) >= 11 is 3.48. The van der Waals surface area contributed by atoms with Crippen LogP contribution < -0.4 is 9.47 Å². The van der Waals surface area contributed by atoms with Gasteiger partial charge in [-0.15, -0.1) is 5.10 Å². The van der Waals surface area contributed by atoms with Crippen molar-refractivity contribution in [3.8, 4) is 11.5 Å². The first-order valence-corrected chi connectivity index (χ1v) is 13.6. The molecule has 4 aromatic rings. The number of nitrogens with zero attached hydrogens (tertiary/aromatic N) is 5. The van der Waals surface area contributed by atoms with Gasteiger partial charge in [0.2, 0.25) is 0 Å². The molecule has 0 spiro atoms. The first kappa shape index (κ1) is 24.5. The van der Waals surface area contributed by atoms with Crippen LogP contribution in [0.2, 0.25) is 0 Å². The monoisotopic (exact) mass is 591 g/mol. The number of piperazine rings is 1. The molecule has 0 atom stereocenters. The predicted molar refractivity (Wildman–Crippen MR) is 144 cm³/mol. The Morgan fingerprint density at radius 2 is 1.46 bits per heavy atom. The van der Waals surface area contributed by atoms with E-state index in [-0.39, 0.29) is 25.7 Å². The molecule has 1 fully saturated rings. The maximum atomic E-state index is 13.4. The molecule has 10 nitrogen and oxygen atoms in total. The maximum absolute atomic E-state index is 13.4. The summed E-state index contributed by atoms with van der Waals surface area (Å²) in [6, 6.07) is 18.1. The Bertz CT molecular complexity index is 1490. The Morgan fingerprint density at radius 1 is 0.821 bits per heavy atom. The van der Waals surface area contributed by atoms with Crippen molar-refractivity contribution in [2.75, 3.05) is 39.8 Å². The van der Waals surface area contributed by atoms with Crippen LogP contribution in [-0.2, 0) is 22.7 Å². The van der Waals surface area contributed by atoms with E-state index in [2.05, 4.69) is 55.4 Å². The van der Waals surface area contributed by atoms with Crippen LogP contribution in [0.3, 0.4) is 0 Å². The standard InChI is InChI=1S/C28H26BrN5O5/c29-22-3-4-23-24(13-22)34(31-30-23)28(35)33-9-7-32(8-10-33)27(18-1-5-25-20(11-18)14-36-16-38-25)19-2-6-26-21(12-19)15-37-17-39-26/h1-6,11-13,27H,7-10,14-17H2. The Labute approximate surface area is 233 Å². The van der Waals surface area contributed by atoms with Crippen LogP contribution in [0.1, 0.15) is 28.3 Å². The second-order valence-electron chi connectivity index (χ2n) is 9.80. The zero-order chi connectivity index (χ0) is 26.3. The SMILES string of the molecule is O=C(N1CCN(C(c2ccc3c(c2)COCO3)c2ccc3c(c2)COCO3)CC1)n1nnc2ccc(Br)cc21. The quantitative estimate of drug-likeness (QED) is 0.348. The van der Waals surface area contributed by atoms with E-state index in [0.29, 0.717) is 50.4 Å². The van der Waals surface area contributed by atoms with Gasteiger partial charge in [0.1, 0.15) is 22.5 Å². The average Bonchev–Trinajstić information content (AvgIpc) is 3.40. The number of carbonyl (C=O) groups excluding carboxylic acids is 1. The molecular formula is C28H26BrN5O5. The van der Waals surface area contributed by atoms with Gasteiger partial charge in [0.25, 0.3) is 0 Å². The summed E-state index contributed by atoms with van der Waals surface area (Å²) in [7, 11) is 0. The van der Waals surface area contributed by atoms with Gasteiger partial charge in [0, 0.05) is 41.8 Å². The molecule has 0 N–H and O–H groups in total. The lowest BCUT2D eigenvalue weighted by atomic mass is 9.93. The van der Waals surface area contributed by atoms with Crippen molar-refractivity contribution in [1.29, 1.82) is 0 Å². The van der Waals surface area contributed by atoms with Crippen molar-refractivity contribution < 1.29 is 23.7 Å². The summed E-state index contributed by atoms with van der Waals surface area (Å²) in [5, 5.41) is 8.30. The van der Waals surface area contributed by atoms with E-state index in [4.69, 9.17) is 18.9 Å². The molecule has 3 aliphatic rings. The fourth-order valence-corrected chi connectivity index (χ4v) is 5.86. The molecule has 0 aliphatic carbocycles. The fourth-order valence-electron chi connectivity index (χ4n) is 5.51. The minimum Gasteiger partial charge on any atom is -0.467 e. The third kappa shape index (κ3) is 4.65. The van der Waals surface area contributed by atoms with Gasteiger partial charge in [0.15, 0.2) is 13.6 Å². The first-order valence-electron chi connectivity index (χ1n) is 12.8. The van der Waals surface area contributed by atoms with E-state index in [9.17, 15) is 4.79 Å². The second-order valence-corrected chi connectivity index (χ2v) is 10.7. The first-order chi connectivity index (χ1) is 19.1. The summed E-state index contributed by atoms with van der Waals surface area (Å²) in [5.41, 5.74) is 5.73. The molecule has 7 rings (SSSR count). The van der Waals surface area contributed by atoms with E-state index in [1.165, 1.54) is 4.68 Å². The molecule has 1 amide bonds. The summed E-state index contributed by atoms with van der Waals surface area (Å²) in [5.74, 6) is 1.72. The number of aromatic nitrogens is 3. The highest BCUT2D eigenvalue weighted by molar-refractivity contribution is 9.10. The van der Waals surface area contributed by atoms with Gasteiger partial charge in [-0.1, -0.05) is 33.3 Å². The van der Waals surface area contributed by atoms with Crippen LogP contribution in [-0.4, -0.2) is 70.6 Å². The molecule has 1 saturated heterocycles. The van der Waals surface area contributed by atoms with E-state index >= 15 is 0 Å². The minimum atomic E-state index is -0.169. The van der Waals surface area contributed by atoms with Crippen LogP contribution in [0.15, 0.2) is 59.1 Å². The summed E-state index contributed by atoms with van der Waals surface area (Å²) in [6.45, 7) is 4.11. The number of fused-ring (bicyclic) bond motifs is 3. The number of ether oxygens (including phenoxy) is 4. The van der Waals surface area contributed by atoms with Gasteiger partial charge < -0.3 is 23.8 Å². The number of benzene rings is 3. The smallest absolute Gasteiger partial charge is 0.346 e. The highest BCUT2D eigenvalue weighted by atomic mass is 79.9. The van der Waals surface area contributed by atoms with Gasteiger partial charge >= 0.3 is 6.03 Å². The van der Waals surface area contributed by atoms with Crippen LogP contribution in [0.25, 0.3) is 11.0 Å². The topological polar surface area (TPSA) is 91.2 Å². The zero-order valence-corrected chi connectivity index (χ0v) is 22.7. The van der Waals surface area contributed by atoms with Crippen molar-refractivity contribution in [1.82, 2.24) is 24.8 Å². The molecule has 4 heterocycles. The Balaban J connectivity index is 1.17. The number of hydrogen-bond acceptors (Lipinski definition) is 8. The summed E-state index contributed by atoms with van der Waals surface area (Å²) < 4.78 is 24.7. The van der Waals surface area contributed by atoms with Crippen molar-refractivity contribution in [3.63, 3.8) is 0 Å². The summed E-state index contributed by atoms with van der Waals surface area (Å²) in [6.07, 6.45) is 0. The van der Waals surface area contributed by atoms with Gasteiger partial charge in [-0.3, -0.25) is 4.90 Å². The van der Waals surface area contributed by atoms with Gasteiger partial charge in [-0.25, -0.2) is 4.79 Å². The number of carbonyl (C=O) groups is 1. The normalized spacial score (nSPS) is 17.4. The van der Waals surface area contributed by atoms with Gasteiger partial charge in [-0.05, 0) is 53.6 Å². The molecule has 200 valence electrons. The number of rotatable bonds is 3. The molecular weight excluding hydrogens is 566 g/mol. The molecule has 0 radical (unpaired) electrons.